The molecule has 0 aliphatic rings. The van der Waals surface area contributed by atoms with Gasteiger partial charge in [-0.1, -0.05) is 26.0 Å². The van der Waals surface area contributed by atoms with Crippen molar-refractivity contribution in [3.8, 4) is 5.75 Å². The van der Waals surface area contributed by atoms with E-state index in [1.165, 1.54) is 10.4 Å². The Bertz CT molecular complexity index is 539. The van der Waals surface area contributed by atoms with Crippen LogP contribution in [0.15, 0.2) is 40.2 Å². The number of nitrogens with one attached hydrogen (secondary N) is 1. The largest absolute Gasteiger partial charge is 0.488 e. The van der Waals surface area contributed by atoms with Crippen molar-refractivity contribution in [1.82, 2.24) is 5.32 Å². The highest BCUT2D eigenvalue weighted by atomic mass is 79.9. The summed E-state index contributed by atoms with van der Waals surface area (Å²) in [7, 11) is 0. The van der Waals surface area contributed by atoms with Gasteiger partial charge in [0.2, 0.25) is 0 Å². The molecule has 0 aliphatic carbocycles. The molecule has 1 aromatic heterocycles. The number of hydrogen-bond donors (Lipinski definition) is 1. The molecule has 1 aromatic carbocycles. The molecule has 108 valence electrons. The summed E-state index contributed by atoms with van der Waals surface area (Å²) in [6, 6.07) is 10.3. The van der Waals surface area contributed by atoms with Gasteiger partial charge in [-0.3, -0.25) is 0 Å². The van der Waals surface area contributed by atoms with E-state index in [9.17, 15) is 0 Å². The molecule has 0 unspecified atom stereocenters. The summed E-state index contributed by atoms with van der Waals surface area (Å²) in [5, 5.41) is 5.51. The predicted molar refractivity (Wildman–Crippen MR) is 89.3 cm³/mol. The number of rotatable bonds is 7. The van der Waals surface area contributed by atoms with Crippen molar-refractivity contribution in [2.24, 2.45) is 5.92 Å². The lowest BCUT2D eigenvalue weighted by molar-refractivity contribution is 0.309. The van der Waals surface area contributed by atoms with Crippen LogP contribution in [0.2, 0.25) is 0 Å². The molecule has 2 nitrogen and oxygen atoms in total. The van der Waals surface area contributed by atoms with Crippen molar-refractivity contribution in [1.29, 1.82) is 0 Å². The second-order valence-corrected chi connectivity index (χ2v) is 7.01. The van der Waals surface area contributed by atoms with Crippen LogP contribution in [0.5, 0.6) is 5.75 Å². The van der Waals surface area contributed by atoms with Crippen LogP contribution in [0.3, 0.4) is 0 Å². The maximum atomic E-state index is 5.85. The van der Waals surface area contributed by atoms with Crippen molar-refractivity contribution in [3.05, 3.63) is 50.6 Å². The molecule has 0 spiro atoms. The van der Waals surface area contributed by atoms with E-state index in [4.69, 9.17) is 4.74 Å². The Morgan fingerprint density at radius 1 is 1.30 bits per heavy atom. The molecule has 1 heterocycles. The minimum atomic E-state index is 0.612. The Hall–Kier alpha value is -0.840. The zero-order chi connectivity index (χ0) is 14.4. The zero-order valence-electron chi connectivity index (χ0n) is 11.9. The van der Waals surface area contributed by atoms with Crippen LogP contribution in [0.4, 0.5) is 0 Å². The first-order chi connectivity index (χ1) is 9.65. The highest BCUT2D eigenvalue weighted by Crippen LogP contribution is 2.24. The molecular weight excluding hydrogens is 334 g/mol. The number of thiophene rings is 1. The molecule has 0 radical (unpaired) electrons. The average molecular weight is 354 g/mol. The molecule has 2 rings (SSSR count). The number of ether oxygens (including phenoxy) is 1. The van der Waals surface area contributed by atoms with Gasteiger partial charge in [-0.05, 0) is 57.5 Å². The summed E-state index contributed by atoms with van der Waals surface area (Å²) in [6.45, 7) is 6.96. The Kier molecular flexibility index (Phi) is 6.07. The van der Waals surface area contributed by atoms with Crippen molar-refractivity contribution in [2.75, 3.05) is 6.54 Å². The minimum absolute atomic E-state index is 0.612. The topological polar surface area (TPSA) is 21.3 Å². The fourth-order valence-electron chi connectivity index (χ4n) is 1.83. The van der Waals surface area contributed by atoms with Crippen LogP contribution in [-0.2, 0) is 13.2 Å². The highest BCUT2D eigenvalue weighted by Gasteiger charge is 2.03. The molecule has 0 fully saturated rings. The SMILES string of the molecule is CC(C)CNCc1cccc(OCc2sccc2Br)c1. The van der Waals surface area contributed by atoms with Gasteiger partial charge in [0.15, 0.2) is 0 Å². The van der Waals surface area contributed by atoms with Crippen LogP contribution < -0.4 is 10.1 Å². The minimum Gasteiger partial charge on any atom is -0.488 e. The average Bonchev–Trinajstić information content (AvgIpc) is 2.82. The van der Waals surface area contributed by atoms with Gasteiger partial charge in [-0.15, -0.1) is 11.3 Å². The molecular formula is C16H20BrNOS. The molecule has 0 saturated heterocycles. The summed E-state index contributed by atoms with van der Waals surface area (Å²) in [6.07, 6.45) is 0. The third kappa shape index (κ3) is 4.93. The normalized spacial score (nSPS) is 11.0. The summed E-state index contributed by atoms with van der Waals surface area (Å²) in [5.41, 5.74) is 1.26. The van der Waals surface area contributed by atoms with Crippen LogP contribution >= 0.6 is 27.3 Å². The molecule has 0 saturated carbocycles. The van der Waals surface area contributed by atoms with E-state index >= 15 is 0 Å². The monoisotopic (exact) mass is 353 g/mol. The second-order valence-electron chi connectivity index (χ2n) is 5.15. The first-order valence-electron chi connectivity index (χ1n) is 6.79. The molecule has 0 atom stereocenters. The summed E-state index contributed by atoms with van der Waals surface area (Å²) in [4.78, 5) is 1.22. The van der Waals surface area contributed by atoms with Crippen LogP contribution in [-0.4, -0.2) is 6.54 Å². The van der Waals surface area contributed by atoms with E-state index in [-0.39, 0.29) is 0 Å². The van der Waals surface area contributed by atoms with Crippen molar-refractivity contribution in [2.45, 2.75) is 27.0 Å². The molecule has 4 heteroatoms. The molecule has 20 heavy (non-hydrogen) atoms. The van der Waals surface area contributed by atoms with Gasteiger partial charge < -0.3 is 10.1 Å². The number of benzene rings is 1. The maximum Gasteiger partial charge on any atom is 0.124 e. The van der Waals surface area contributed by atoms with E-state index in [1.807, 2.05) is 12.1 Å². The van der Waals surface area contributed by atoms with Crippen LogP contribution in [0.25, 0.3) is 0 Å². The predicted octanol–water partition coefficient (Wildman–Crippen LogP) is 4.84. The van der Waals surface area contributed by atoms with Crippen molar-refractivity contribution < 1.29 is 4.74 Å². The van der Waals surface area contributed by atoms with Crippen LogP contribution in [0.1, 0.15) is 24.3 Å². The van der Waals surface area contributed by atoms with Crippen molar-refractivity contribution >= 4 is 27.3 Å². The Morgan fingerprint density at radius 2 is 2.15 bits per heavy atom. The summed E-state index contributed by atoms with van der Waals surface area (Å²) < 4.78 is 6.97. The zero-order valence-corrected chi connectivity index (χ0v) is 14.3. The van der Waals surface area contributed by atoms with E-state index < -0.39 is 0 Å². The van der Waals surface area contributed by atoms with E-state index in [1.54, 1.807) is 11.3 Å². The highest BCUT2D eigenvalue weighted by molar-refractivity contribution is 9.10. The summed E-state index contributed by atoms with van der Waals surface area (Å²) in [5.74, 6) is 1.60. The van der Waals surface area contributed by atoms with Crippen LogP contribution in [0, 0.1) is 5.92 Å². The first kappa shape index (κ1) is 15.5. The van der Waals surface area contributed by atoms with Gasteiger partial charge in [0.05, 0.1) is 4.88 Å². The Balaban J connectivity index is 1.87. The third-order valence-electron chi connectivity index (χ3n) is 2.84. The molecule has 1 N–H and O–H groups in total. The van der Waals surface area contributed by atoms with E-state index in [0.717, 1.165) is 23.3 Å². The fraction of sp³-hybridized carbons (Fsp3) is 0.375. The van der Waals surface area contributed by atoms with Gasteiger partial charge in [0.1, 0.15) is 12.4 Å². The van der Waals surface area contributed by atoms with Gasteiger partial charge in [0.25, 0.3) is 0 Å². The Labute approximate surface area is 133 Å². The van der Waals surface area contributed by atoms with Gasteiger partial charge >= 0.3 is 0 Å². The third-order valence-corrected chi connectivity index (χ3v) is 4.74. The lowest BCUT2D eigenvalue weighted by atomic mass is 10.2. The lowest BCUT2D eigenvalue weighted by Gasteiger charge is -2.10. The maximum absolute atomic E-state index is 5.85. The molecule has 0 amide bonds. The number of halogens is 1. The van der Waals surface area contributed by atoms with Crippen molar-refractivity contribution in [3.63, 3.8) is 0 Å². The smallest absolute Gasteiger partial charge is 0.124 e. The van der Waals surface area contributed by atoms with E-state index in [2.05, 4.69) is 58.7 Å². The fourth-order valence-corrected chi connectivity index (χ4v) is 3.21. The first-order valence-corrected chi connectivity index (χ1v) is 8.46. The molecule has 2 aromatic rings. The standard InChI is InChI=1S/C16H20BrNOS/c1-12(2)9-18-10-13-4-3-5-14(8-13)19-11-16-15(17)6-7-20-16/h3-8,12,18H,9-11H2,1-2H3. The van der Waals surface area contributed by atoms with Gasteiger partial charge in [-0.2, -0.15) is 0 Å². The molecule has 0 bridgehead atoms. The van der Waals surface area contributed by atoms with Gasteiger partial charge in [0, 0.05) is 11.0 Å². The Morgan fingerprint density at radius 3 is 2.85 bits per heavy atom. The molecule has 0 aliphatic heterocycles. The van der Waals surface area contributed by atoms with Gasteiger partial charge in [-0.25, -0.2) is 0 Å². The summed E-state index contributed by atoms with van der Waals surface area (Å²) >= 11 is 5.23. The number of hydrogen-bond acceptors (Lipinski definition) is 3. The quantitative estimate of drug-likeness (QED) is 0.769. The second kappa shape index (κ2) is 7.81. The van der Waals surface area contributed by atoms with E-state index in [0.29, 0.717) is 12.5 Å². The lowest BCUT2D eigenvalue weighted by Crippen LogP contribution is -2.18.